The van der Waals surface area contributed by atoms with E-state index in [1.165, 1.54) is 30.4 Å². The van der Waals surface area contributed by atoms with E-state index in [0.29, 0.717) is 29.3 Å². The first kappa shape index (κ1) is 28.9. The number of sulfonamides is 1. The van der Waals surface area contributed by atoms with Crippen LogP contribution in [0.25, 0.3) is 10.2 Å². The molecule has 0 saturated carbocycles. The number of aromatic nitrogens is 3. The van der Waals surface area contributed by atoms with Crippen molar-refractivity contribution in [2.75, 3.05) is 6.61 Å². The lowest BCUT2D eigenvalue weighted by Crippen LogP contribution is -2.30. The number of benzene rings is 3. The first-order valence-corrected chi connectivity index (χ1v) is 15.3. The maximum absolute atomic E-state index is 13.4. The van der Waals surface area contributed by atoms with Gasteiger partial charge in [-0.2, -0.15) is 0 Å². The molecular formula is C29H28N6O5S2. The molecular weight excluding hydrogens is 576 g/mol. The predicted molar refractivity (Wildman–Crippen MR) is 160 cm³/mol. The van der Waals surface area contributed by atoms with Gasteiger partial charge in [-0.1, -0.05) is 41.6 Å². The molecule has 216 valence electrons. The van der Waals surface area contributed by atoms with E-state index in [9.17, 15) is 13.2 Å². The molecule has 13 heteroatoms. The molecule has 1 atom stereocenters. The zero-order chi connectivity index (χ0) is 29.5. The van der Waals surface area contributed by atoms with Gasteiger partial charge in [-0.05, 0) is 48.4 Å². The number of ether oxygens (including phenoxy) is 1. The summed E-state index contributed by atoms with van der Waals surface area (Å²) in [5.41, 5.74) is 8.02. The van der Waals surface area contributed by atoms with Gasteiger partial charge in [0.25, 0.3) is 0 Å². The van der Waals surface area contributed by atoms with E-state index in [1.54, 1.807) is 48.8 Å². The van der Waals surface area contributed by atoms with Crippen LogP contribution in [-0.4, -0.2) is 41.8 Å². The minimum absolute atomic E-state index is 0.0213. The molecule has 0 spiro atoms. The fourth-order valence-corrected chi connectivity index (χ4v) is 6.50. The Labute approximate surface area is 246 Å². The monoisotopic (exact) mass is 604 g/mol. The summed E-state index contributed by atoms with van der Waals surface area (Å²) >= 11 is 1.39. The average Bonchev–Trinajstić information content (AvgIpc) is 3.66. The summed E-state index contributed by atoms with van der Waals surface area (Å²) in [6.07, 6.45) is 4.37. The summed E-state index contributed by atoms with van der Waals surface area (Å²) in [6, 6.07) is 20.2. The van der Waals surface area contributed by atoms with Crippen molar-refractivity contribution in [1.82, 2.24) is 19.7 Å². The van der Waals surface area contributed by atoms with Crippen molar-refractivity contribution in [3.8, 4) is 5.75 Å². The molecule has 1 unspecified atom stereocenters. The minimum Gasteiger partial charge on any atom is -0.493 e. The SMILES string of the molecule is CC(=O)ON=C(N)c1cccc(CC(NS(=O)(=O)c2ccccc2)c2nc3ccc(OCCc4ncc[nH]4)cc3s2)c1. The highest BCUT2D eigenvalue weighted by atomic mass is 32.2. The molecule has 0 aliphatic rings. The fourth-order valence-electron chi connectivity index (χ4n) is 4.16. The second-order valence-electron chi connectivity index (χ2n) is 9.27. The topological polar surface area (TPSA) is 162 Å². The summed E-state index contributed by atoms with van der Waals surface area (Å²) in [5, 5.41) is 4.24. The molecule has 0 aliphatic heterocycles. The number of nitrogens with two attached hydrogens (primary N) is 1. The summed E-state index contributed by atoms with van der Waals surface area (Å²) < 4.78 is 36.3. The van der Waals surface area contributed by atoms with E-state index < -0.39 is 22.0 Å². The van der Waals surface area contributed by atoms with E-state index in [-0.39, 0.29) is 17.2 Å². The molecule has 11 nitrogen and oxygen atoms in total. The second-order valence-corrected chi connectivity index (χ2v) is 12.0. The van der Waals surface area contributed by atoms with E-state index in [0.717, 1.165) is 21.6 Å². The molecule has 4 N–H and O–H groups in total. The van der Waals surface area contributed by atoms with Crippen molar-refractivity contribution < 1.29 is 22.8 Å². The van der Waals surface area contributed by atoms with Crippen molar-refractivity contribution in [1.29, 1.82) is 0 Å². The van der Waals surface area contributed by atoms with Gasteiger partial charge in [0.2, 0.25) is 10.0 Å². The minimum atomic E-state index is -3.87. The lowest BCUT2D eigenvalue weighted by Gasteiger charge is -2.17. The fraction of sp³-hybridized carbons (Fsp3) is 0.172. The van der Waals surface area contributed by atoms with Gasteiger partial charge in [0.1, 0.15) is 16.6 Å². The Bertz CT molecular complexity index is 1800. The highest BCUT2D eigenvalue weighted by molar-refractivity contribution is 7.89. The number of nitrogens with one attached hydrogen (secondary N) is 2. The number of carbonyl (C=O) groups excluding carboxylic acids is 1. The molecule has 42 heavy (non-hydrogen) atoms. The number of rotatable bonds is 12. The molecule has 0 fully saturated rings. The van der Waals surface area contributed by atoms with E-state index in [2.05, 4.69) is 24.7 Å². The van der Waals surface area contributed by atoms with Gasteiger partial charge in [0.15, 0.2) is 5.84 Å². The summed E-state index contributed by atoms with van der Waals surface area (Å²) in [6.45, 7) is 1.68. The van der Waals surface area contributed by atoms with Gasteiger partial charge < -0.3 is 20.3 Å². The normalized spacial score (nSPS) is 12.7. The molecule has 0 aliphatic carbocycles. The maximum atomic E-state index is 13.4. The molecule has 0 amide bonds. The summed E-state index contributed by atoms with van der Waals surface area (Å²) in [7, 11) is -3.87. The molecule has 5 rings (SSSR count). The van der Waals surface area contributed by atoms with Crippen LogP contribution in [-0.2, 0) is 32.5 Å². The standard InChI is InChI=1S/C29H28N6O5S2/c1-19(36)40-34-28(30)21-7-5-6-20(16-21)17-25(35-42(37,38)23-8-3-2-4-9-23)29-33-24-11-10-22(18-26(24)41-29)39-15-12-27-31-13-14-32-27/h2-11,13-14,16,18,25,35H,12,15,17H2,1H3,(H2,30,34)(H,31,32). The third-order valence-electron chi connectivity index (χ3n) is 6.12. The van der Waals surface area contributed by atoms with Crippen molar-refractivity contribution in [2.45, 2.75) is 30.7 Å². The predicted octanol–water partition coefficient (Wildman–Crippen LogP) is 4.09. The van der Waals surface area contributed by atoms with Crippen LogP contribution < -0.4 is 15.2 Å². The number of nitrogens with zero attached hydrogens (tertiary/aromatic N) is 3. The zero-order valence-electron chi connectivity index (χ0n) is 22.6. The number of amidine groups is 1. The van der Waals surface area contributed by atoms with Gasteiger partial charge in [-0.15, -0.1) is 11.3 Å². The summed E-state index contributed by atoms with van der Waals surface area (Å²) in [4.78, 5) is 28.0. The number of hydrogen-bond donors (Lipinski definition) is 3. The lowest BCUT2D eigenvalue weighted by molar-refractivity contribution is -0.140. The molecule has 0 saturated heterocycles. The highest BCUT2D eigenvalue weighted by Crippen LogP contribution is 2.32. The zero-order valence-corrected chi connectivity index (χ0v) is 24.2. The molecule has 2 heterocycles. The van der Waals surface area contributed by atoms with Crippen molar-refractivity contribution in [3.05, 3.63) is 107 Å². The molecule has 3 aromatic carbocycles. The van der Waals surface area contributed by atoms with Gasteiger partial charge in [-0.3, -0.25) is 0 Å². The van der Waals surface area contributed by atoms with Gasteiger partial charge in [0, 0.05) is 31.3 Å². The Hall–Kier alpha value is -4.59. The Morgan fingerprint density at radius 1 is 1.12 bits per heavy atom. The van der Waals surface area contributed by atoms with E-state index in [4.69, 9.17) is 15.5 Å². The van der Waals surface area contributed by atoms with Crippen LogP contribution in [0.1, 0.15) is 34.9 Å². The molecule has 0 radical (unpaired) electrons. The van der Waals surface area contributed by atoms with Gasteiger partial charge in [0.05, 0.1) is 27.8 Å². The second kappa shape index (κ2) is 12.9. The van der Waals surface area contributed by atoms with E-state index >= 15 is 0 Å². The molecule has 5 aromatic rings. The number of thiazole rings is 1. The number of hydrogen-bond acceptors (Lipinski definition) is 9. The smallest absolute Gasteiger partial charge is 0.332 e. The van der Waals surface area contributed by atoms with Crippen LogP contribution in [0.2, 0.25) is 0 Å². The van der Waals surface area contributed by atoms with Crippen molar-refractivity contribution >= 4 is 43.4 Å². The van der Waals surface area contributed by atoms with Crippen molar-refractivity contribution in [3.63, 3.8) is 0 Å². The number of H-pyrrole nitrogens is 1. The Balaban J connectivity index is 1.42. The first-order valence-electron chi connectivity index (χ1n) is 13.0. The van der Waals surface area contributed by atoms with Crippen LogP contribution in [0.3, 0.4) is 0 Å². The first-order chi connectivity index (χ1) is 20.3. The Kier molecular flexibility index (Phi) is 8.91. The summed E-state index contributed by atoms with van der Waals surface area (Å²) in [5.74, 6) is 0.952. The lowest BCUT2D eigenvalue weighted by atomic mass is 10.0. The molecule has 2 aromatic heterocycles. The third-order valence-corrected chi connectivity index (χ3v) is 8.74. The van der Waals surface area contributed by atoms with Crippen LogP contribution in [0.4, 0.5) is 0 Å². The number of carbonyl (C=O) groups is 1. The Morgan fingerprint density at radius 2 is 1.95 bits per heavy atom. The number of oxime groups is 1. The number of aromatic amines is 1. The quantitative estimate of drug-likeness (QED) is 0.0830. The van der Waals surface area contributed by atoms with Crippen molar-refractivity contribution in [2.24, 2.45) is 10.9 Å². The Morgan fingerprint density at radius 3 is 2.71 bits per heavy atom. The van der Waals surface area contributed by atoms with E-state index in [1.807, 2.05) is 24.3 Å². The third kappa shape index (κ3) is 7.37. The van der Waals surface area contributed by atoms with Gasteiger partial charge >= 0.3 is 5.97 Å². The largest absolute Gasteiger partial charge is 0.493 e. The highest BCUT2D eigenvalue weighted by Gasteiger charge is 2.25. The van der Waals surface area contributed by atoms with Crippen LogP contribution in [0, 0.1) is 0 Å². The molecule has 0 bridgehead atoms. The average molecular weight is 605 g/mol. The van der Waals surface area contributed by atoms with Crippen LogP contribution >= 0.6 is 11.3 Å². The number of fused-ring (bicyclic) bond motifs is 1. The number of imidazole rings is 1. The maximum Gasteiger partial charge on any atom is 0.332 e. The van der Waals surface area contributed by atoms with Gasteiger partial charge in [-0.25, -0.2) is 27.9 Å². The van der Waals surface area contributed by atoms with Crippen LogP contribution in [0.15, 0.2) is 95.2 Å². The van der Waals surface area contributed by atoms with Crippen LogP contribution in [0.5, 0.6) is 5.75 Å².